The standard InChI is InChI=1S/C22H29N3O6/c1-14-18(21(26)30-3)20(16-9-8-10-17(13-16)25(28)29)19(15(2)24-14)22(27)31-12-7-5-4-6-11-23/h8-10,13,20,24H,4-7,11-12,23H2,1-3H3. The largest absolute Gasteiger partial charge is 0.466 e. The predicted octanol–water partition coefficient (Wildman–Crippen LogP) is 3.06. The second-order valence-corrected chi connectivity index (χ2v) is 7.32. The van der Waals surface area contributed by atoms with Gasteiger partial charge in [-0.1, -0.05) is 25.0 Å². The van der Waals surface area contributed by atoms with Gasteiger partial charge in [-0.25, -0.2) is 9.59 Å². The number of carbonyl (C=O) groups excluding carboxylic acids is 2. The van der Waals surface area contributed by atoms with Crippen LogP contribution >= 0.6 is 0 Å². The van der Waals surface area contributed by atoms with Crippen LogP contribution in [-0.2, 0) is 19.1 Å². The van der Waals surface area contributed by atoms with Gasteiger partial charge in [-0.05, 0) is 38.8 Å². The van der Waals surface area contributed by atoms with E-state index in [1.54, 1.807) is 19.9 Å². The minimum Gasteiger partial charge on any atom is -0.466 e. The van der Waals surface area contributed by atoms with Crippen LogP contribution < -0.4 is 11.1 Å². The number of nitrogens with zero attached hydrogens (tertiary/aromatic N) is 1. The molecule has 1 unspecified atom stereocenters. The highest BCUT2D eigenvalue weighted by atomic mass is 16.6. The second kappa shape index (κ2) is 11.3. The van der Waals surface area contributed by atoms with E-state index in [0.717, 1.165) is 19.3 Å². The first-order chi connectivity index (χ1) is 14.8. The van der Waals surface area contributed by atoms with Gasteiger partial charge in [-0.15, -0.1) is 0 Å². The van der Waals surface area contributed by atoms with Gasteiger partial charge in [0.15, 0.2) is 0 Å². The third kappa shape index (κ3) is 5.91. The summed E-state index contributed by atoms with van der Waals surface area (Å²) in [5.74, 6) is -2.05. The summed E-state index contributed by atoms with van der Waals surface area (Å²) >= 11 is 0. The van der Waals surface area contributed by atoms with Crippen molar-refractivity contribution in [3.8, 4) is 0 Å². The number of esters is 2. The van der Waals surface area contributed by atoms with Crippen LogP contribution in [0.2, 0.25) is 0 Å². The Morgan fingerprint density at radius 3 is 2.35 bits per heavy atom. The smallest absolute Gasteiger partial charge is 0.336 e. The van der Waals surface area contributed by atoms with Gasteiger partial charge in [-0.3, -0.25) is 10.1 Å². The number of nitrogens with one attached hydrogen (secondary N) is 1. The van der Waals surface area contributed by atoms with Crippen molar-refractivity contribution in [2.24, 2.45) is 5.73 Å². The van der Waals surface area contributed by atoms with E-state index in [-0.39, 0.29) is 23.4 Å². The third-order valence-electron chi connectivity index (χ3n) is 5.13. The molecule has 0 bridgehead atoms. The van der Waals surface area contributed by atoms with Crippen LogP contribution in [0, 0.1) is 10.1 Å². The molecule has 1 aliphatic heterocycles. The summed E-state index contributed by atoms with van der Waals surface area (Å²) < 4.78 is 10.4. The molecule has 0 spiro atoms. The molecule has 2 rings (SSSR count). The molecule has 0 fully saturated rings. The van der Waals surface area contributed by atoms with Gasteiger partial charge in [0.25, 0.3) is 5.69 Å². The number of non-ortho nitro benzene ring substituents is 1. The van der Waals surface area contributed by atoms with E-state index in [1.807, 2.05) is 0 Å². The lowest BCUT2D eigenvalue weighted by molar-refractivity contribution is -0.384. The minimum atomic E-state index is -0.849. The number of benzene rings is 1. The Labute approximate surface area is 181 Å². The first kappa shape index (κ1) is 24.1. The highest BCUT2D eigenvalue weighted by molar-refractivity contribution is 5.99. The lowest BCUT2D eigenvalue weighted by Crippen LogP contribution is -2.32. The van der Waals surface area contributed by atoms with Crippen molar-refractivity contribution in [1.82, 2.24) is 5.32 Å². The molecular formula is C22H29N3O6. The number of methoxy groups -OCH3 is 1. The Morgan fingerprint density at radius 1 is 1.10 bits per heavy atom. The Morgan fingerprint density at radius 2 is 1.74 bits per heavy atom. The minimum absolute atomic E-state index is 0.136. The lowest BCUT2D eigenvalue weighted by Gasteiger charge is -2.30. The molecule has 0 amide bonds. The van der Waals surface area contributed by atoms with Crippen molar-refractivity contribution in [2.45, 2.75) is 45.4 Å². The van der Waals surface area contributed by atoms with E-state index in [2.05, 4.69) is 5.32 Å². The number of ether oxygens (including phenoxy) is 2. The highest BCUT2D eigenvalue weighted by Gasteiger charge is 2.38. The number of nitrogens with two attached hydrogens (primary N) is 1. The van der Waals surface area contributed by atoms with Crippen molar-refractivity contribution in [2.75, 3.05) is 20.3 Å². The van der Waals surface area contributed by atoms with Crippen LogP contribution in [-0.4, -0.2) is 37.1 Å². The lowest BCUT2D eigenvalue weighted by atomic mass is 9.80. The summed E-state index contributed by atoms with van der Waals surface area (Å²) in [6.07, 6.45) is 3.47. The fourth-order valence-corrected chi connectivity index (χ4v) is 3.64. The monoisotopic (exact) mass is 431 g/mol. The van der Waals surface area contributed by atoms with Crippen LogP contribution in [0.1, 0.15) is 51.0 Å². The summed E-state index contributed by atoms with van der Waals surface area (Å²) in [7, 11) is 1.25. The fraction of sp³-hybridized carbons (Fsp3) is 0.455. The molecular weight excluding hydrogens is 402 g/mol. The summed E-state index contributed by atoms with van der Waals surface area (Å²) in [5, 5.41) is 14.3. The number of rotatable bonds is 10. The van der Waals surface area contributed by atoms with Gasteiger partial charge in [-0.2, -0.15) is 0 Å². The average Bonchev–Trinajstić information content (AvgIpc) is 2.75. The van der Waals surface area contributed by atoms with E-state index in [4.69, 9.17) is 15.2 Å². The fourth-order valence-electron chi connectivity index (χ4n) is 3.64. The maximum absolute atomic E-state index is 13.0. The Kier molecular flexibility index (Phi) is 8.75. The predicted molar refractivity (Wildman–Crippen MR) is 115 cm³/mol. The van der Waals surface area contributed by atoms with Gasteiger partial charge in [0.05, 0.1) is 35.7 Å². The van der Waals surface area contributed by atoms with Crippen LogP contribution in [0.3, 0.4) is 0 Å². The number of hydrogen-bond donors (Lipinski definition) is 2. The SMILES string of the molecule is COC(=O)C1=C(C)NC(C)=C(C(=O)OCCCCCCN)C1c1cccc([N+](=O)[O-])c1. The molecule has 168 valence electrons. The zero-order valence-electron chi connectivity index (χ0n) is 18.1. The molecule has 0 aliphatic carbocycles. The molecule has 1 aromatic carbocycles. The maximum atomic E-state index is 13.0. The Balaban J connectivity index is 2.38. The molecule has 1 aromatic rings. The number of allylic oxidation sites excluding steroid dienone is 2. The third-order valence-corrected chi connectivity index (χ3v) is 5.13. The Hall–Kier alpha value is -3.20. The van der Waals surface area contributed by atoms with Gasteiger partial charge >= 0.3 is 11.9 Å². The van der Waals surface area contributed by atoms with Crippen LogP contribution in [0.15, 0.2) is 46.8 Å². The molecule has 1 heterocycles. The number of nitro benzene ring substituents is 1. The van der Waals surface area contributed by atoms with Gasteiger partial charge < -0.3 is 20.5 Å². The van der Waals surface area contributed by atoms with E-state index in [9.17, 15) is 19.7 Å². The van der Waals surface area contributed by atoms with Gasteiger partial charge in [0.1, 0.15) is 0 Å². The van der Waals surface area contributed by atoms with Crippen molar-refractivity contribution < 1.29 is 24.0 Å². The number of hydrogen-bond acceptors (Lipinski definition) is 8. The van der Waals surface area contributed by atoms with E-state index in [0.29, 0.717) is 29.9 Å². The normalized spacial score (nSPS) is 16.1. The summed E-state index contributed by atoms with van der Waals surface area (Å²) in [4.78, 5) is 36.4. The van der Waals surface area contributed by atoms with Crippen LogP contribution in [0.5, 0.6) is 0 Å². The van der Waals surface area contributed by atoms with Crippen molar-refractivity contribution in [1.29, 1.82) is 0 Å². The van der Waals surface area contributed by atoms with E-state index < -0.39 is 22.8 Å². The van der Waals surface area contributed by atoms with Crippen LogP contribution in [0.4, 0.5) is 5.69 Å². The quantitative estimate of drug-likeness (QED) is 0.250. The van der Waals surface area contributed by atoms with Crippen molar-refractivity contribution in [3.63, 3.8) is 0 Å². The number of dihydropyridines is 1. The second-order valence-electron chi connectivity index (χ2n) is 7.32. The van der Waals surface area contributed by atoms with Gasteiger partial charge in [0.2, 0.25) is 0 Å². The molecule has 9 nitrogen and oxygen atoms in total. The molecule has 0 radical (unpaired) electrons. The summed E-state index contributed by atoms with van der Waals surface area (Å²) in [5.41, 5.74) is 7.26. The first-order valence-electron chi connectivity index (χ1n) is 10.2. The molecule has 9 heteroatoms. The zero-order chi connectivity index (χ0) is 23.0. The first-order valence-corrected chi connectivity index (χ1v) is 10.2. The molecule has 0 aromatic heterocycles. The summed E-state index contributed by atoms with van der Waals surface area (Å²) in [6.45, 7) is 4.27. The van der Waals surface area contributed by atoms with E-state index in [1.165, 1.54) is 25.3 Å². The van der Waals surface area contributed by atoms with Gasteiger partial charge in [0, 0.05) is 23.5 Å². The number of unbranched alkanes of at least 4 members (excludes halogenated alkanes) is 3. The van der Waals surface area contributed by atoms with E-state index >= 15 is 0 Å². The number of carbonyl (C=O) groups is 2. The molecule has 3 N–H and O–H groups in total. The molecule has 1 aliphatic rings. The molecule has 0 saturated carbocycles. The molecule has 0 saturated heterocycles. The highest BCUT2D eigenvalue weighted by Crippen LogP contribution is 2.40. The van der Waals surface area contributed by atoms with Crippen LogP contribution in [0.25, 0.3) is 0 Å². The molecule has 31 heavy (non-hydrogen) atoms. The average molecular weight is 431 g/mol. The van der Waals surface area contributed by atoms with Crippen molar-refractivity contribution >= 4 is 17.6 Å². The molecule has 1 atom stereocenters. The zero-order valence-corrected chi connectivity index (χ0v) is 18.1. The maximum Gasteiger partial charge on any atom is 0.336 e. The Bertz CT molecular complexity index is 906. The number of nitro groups is 1. The summed E-state index contributed by atoms with van der Waals surface area (Å²) in [6, 6.07) is 5.89. The topological polar surface area (TPSA) is 134 Å². The van der Waals surface area contributed by atoms with Crippen molar-refractivity contribution in [3.05, 3.63) is 62.5 Å².